The lowest BCUT2D eigenvalue weighted by molar-refractivity contribution is 0.473. The van der Waals surface area contributed by atoms with Gasteiger partial charge in [0.25, 0.3) is 0 Å². The van der Waals surface area contributed by atoms with Crippen LogP contribution in [0, 0.1) is 20.8 Å². The molecule has 0 aliphatic heterocycles. The Morgan fingerprint density at radius 3 is 2.52 bits per heavy atom. The Balaban J connectivity index is 1.67. The highest BCUT2D eigenvalue weighted by Crippen LogP contribution is 2.27. The molecule has 0 bridgehead atoms. The van der Waals surface area contributed by atoms with Crippen molar-refractivity contribution in [1.29, 1.82) is 0 Å². The molecule has 1 aromatic carbocycles. The summed E-state index contributed by atoms with van der Waals surface area (Å²) in [5, 5.41) is 7.67. The predicted octanol–water partition coefficient (Wildman–Crippen LogP) is 3.98. The van der Waals surface area contributed by atoms with E-state index in [2.05, 4.69) is 32.7 Å². The van der Waals surface area contributed by atoms with Crippen LogP contribution in [-0.4, -0.2) is 22.5 Å². The lowest BCUT2D eigenvalue weighted by atomic mass is 10.2. The molecule has 0 spiro atoms. The van der Waals surface area contributed by atoms with E-state index in [4.69, 9.17) is 9.40 Å². The van der Waals surface area contributed by atoms with Crippen molar-refractivity contribution in [1.82, 2.24) is 20.6 Å². The van der Waals surface area contributed by atoms with Gasteiger partial charge in [-0.25, -0.2) is 15.0 Å². The predicted molar refractivity (Wildman–Crippen MR) is 110 cm³/mol. The third-order valence-corrected chi connectivity index (χ3v) is 5.33. The summed E-state index contributed by atoms with van der Waals surface area (Å²) in [6, 6.07) is 10.3. The number of aliphatic imine (C=N–C) groups is 1. The smallest absolute Gasteiger partial charge is 0.216 e. The molecule has 0 unspecified atom stereocenters. The van der Waals surface area contributed by atoms with Crippen LogP contribution >= 0.6 is 11.3 Å². The molecule has 0 amide bonds. The van der Waals surface area contributed by atoms with Gasteiger partial charge in [-0.15, -0.1) is 11.3 Å². The second-order valence-corrected chi connectivity index (χ2v) is 7.28. The van der Waals surface area contributed by atoms with E-state index in [9.17, 15) is 0 Å². The molecular formula is C20H25N5OS. The van der Waals surface area contributed by atoms with Crippen LogP contribution in [0.15, 0.2) is 39.7 Å². The first-order valence-corrected chi connectivity index (χ1v) is 9.85. The Hall–Kier alpha value is -2.67. The highest BCUT2D eigenvalue weighted by molar-refractivity contribution is 7.15. The second kappa shape index (κ2) is 8.81. The summed E-state index contributed by atoms with van der Waals surface area (Å²) >= 11 is 1.71. The van der Waals surface area contributed by atoms with E-state index < -0.39 is 0 Å². The molecule has 0 fully saturated rings. The zero-order valence-electron chi connectivity index (χ0n) is 16.2. The second-order valence-electron chi connectivity index (χ2n) is 6.19. The van der Waals surface area contributed by atoms with Gasteiger partial charge < -0.3 is 15.1 Å². The van der Waals surface area contributed by atoms with Crippen molar-refractivity contribution >= 4 is 17.3 Å². The first-order valence-electron chi connectivity index (χ1n) is 9.03. The van der Waals surface area contributed by atoms with Crippen LogP contribution in [0.4, 0.5) is 0 Å². The van der Waals surface area contributed by atoms with Crippen molar-refractivity contribution < 1.29 is 4.42 Å². The summed E-state index contributed by atoms with van der Waals surface area (Å²) < 4.78 is 5.60. The van der Waals surface area contributed by atoms with Gasteiger partial charge in [-0.2, -0.15) is 0 Å². The average Bonchev–Trinajstić information content (AvgIpc) is 3.20. The van der Waals surface area contributed by atoms with Crippen LogP contribution in [0.5, 0.6) is 0 Å². The first kappa shape index (κ1) is 19.1. The van der Waals surface area contributed by atoms with E-state index in [1.54, 1.807) is 11.3 Å². The fraction of sp³-hybridized carbons (Fsp3) is 0.350. The van der Waals surface area contributed by atoms with Crippen molar-refractivity contribution in [2.75, 3.05) is 6.54 Å². The minimum absolute atomic E-state index is 0.404. The number of benzene rings is 1. The molecule has 6 nitrogen and oxygen atoms in total. The number of rotatable bonds is 6. The Morgan fingerprint density at radius 2 is 1.85 bits per heavy atom. The van der Waals surface area contributed by atoms with E-state index in [1.807, 2.05) is 45.9 Å². The van der Waals surface area contributed by atoms with Crippen LogP contribution in [0.2, 0.25) is 0 Å². The van der Waals surface area contributed by atoms with Gasteiger partial charge in [-0.1, -0.05) is 30.3 Å². The highest BCUT2D eigenvalue weighted by Gasteiger charge is 2.10. The molecule has 3 aromatic rings. The van der Waals surface area contributed by atoms with Gasteiger partial charge in [0, 0.05) is 17.0 Å². The van der Waals surface area contributed by atoms with E-state index >= 15 is 0 Å². The fourth-order valence-electron chi connectivity index (χ4n) is 2.56. The number of thiazole rings is 1. The molecule has 0 aliphatic rings. The summed E-state index contributed by atoms with van der Waals surface area (Å²) in [6.45, 7) is 9.80. The third kappa shape index (κ3) is 4.95. The normalized spacial score (nSPS) is 11.6. The average molecular weight is 384 g/mol. The van der Waals surface area contributed by atoms with E-state index in [1.165, 1.54) is 4.88 Å². The number of oxazole rings is 1. The number of aryl methyl sites for hydroxylation is 3. The molecule has 27 heavy (non-hydrogen) atoms. The van der Waals surface area contributed by atoms with Gasteiger partial charge in [0.05, 0.1) is 17.9 Å². The maximum atomic E-state index is 5.60. The zero-order chi connectivity index (χ0) is 19.2. The standard InChI is InChI=1S/C20H25N5OS/c1-5-21-20(23-12-18-24-13(2)15(4)26-18)22-11-17-14(3)25-19(27-17)16-9-7-6-8-10-16/h6-10H,5,11-12H2,1-4H3,(H2,21,22,23). The minimum atomic E-state index is 0.404. The van der Waals surface area contributed by atoms with Gasteiger partial charge in [0.1, 0.15) is 17.3 Å². The zero-order valence-corrected chi connectivity index (χ0v) is 17.0. The lowest BCUT2D eigenvalue weighted by Crippen LogP contribution is -2.36. The number of nitrogens with one attached hydrogen (secondary N) is 2. The van der Waals surface area contributed by atoms with Crippen molar-refractivity contribution in [3.8, 4) is 10.6 Å². The molecule has 0 saturated carbocycles. The topological polar surface area (TPSA) is 75.3 Å². The van der Waals surface area contributed by atoms with Crippen molar-refractivity contribution in [2.45, 2.75) is 40.8 Å². The van der Waals surface area contributed by atoms with E-state index in [-0.39, 0.29) is 0 Å². The molecule has 142 valence electrons. The van der Waals surface area contributed by atoms with Gasteiger partial charge in [0.15, 0.2) is 5.96 Å². The number of hydrogen-bond acceptors (Lipinski definition) is 5. The number of nitrogens with zero attached hydrogens (tertiary/aromatic N) is 3. The highest BCUT2D eigenvalue weighted by atomic mass is 32.1. The molecule has 0 saturated heterocycles. The van der Waals surface area contributed by atoms with Crippen LogP contribution in [0.3, 0.4) is 0 Å². The molecule has 3 rings (SSSR count). The minimum Gasteiger partial charge on any atom is -0.444 e. The summed E-state index contributed by atoms with van der Waals surface area (Å²) in [7, 11) is 0. The molecule has 0 radical (unpaired) electrons. The molecule has 0 atom stereocenters. The summed E-state index contributed by atoms with van der Waals surface area (Å²) in [5.41, 5.74) is 3.10. The van der Waals surface area contributed by atoms with Crippen LogP contribution < -0.4 is 10.6 Å². The number of guanidine groups is 1. The Bertz CT molecular complexity index is 894. The lowest BCUT2D eigenvalue weighted by Gasteiger charge is -2.10. The summed E-state index contributed by atoms with van der Waals surface area (Å²) in [6.07, 6.45) is 0. The molecular weight excluding hydrogens is 358 g/mol. The van der Waals surface area contributed by atoms with Crippen LogP contribution in [0.25, 0.3) is 10.6 Å². The first-order chi connectivity index (χ1) is 13.1. The van der Waals surface area contributed by atoms with Gasteiger partial charge in [-0.05, 0) is 27.7 Å². The van der Waals surface area contributed by atoms with Gasteiger partial charge in [0.2, 0.25) is 5.89 Å². The quantitative estimate of drug-likeness (QED) is 0.497. The Morgan fingerprint density at radius 1 is 1.07 bits per heavy atom. The molecule has 2 N–H and O–H groups in total. The van der Waals surface area contributed by atoms with Crippen molar-refractivity contribution in [3.63, 3.8) is 0 Å². The van der Waals surface area contributed by atoms with Crippen LogP contribution in [-0.2, 0) is 13.1 Å². The Kier molecular flexibility index (Phi) is 6.24. The van der Waals surface area contributed by atoms with Crippen molar-refractivity contribution in [2.24, 2.45) is 4.99 Å². The van der Waals surface area contributed by atoms with Gasteiger partial charge in [-0.3, -0.25) is 0 Å². The van der Waals surface area contributed by atoms with Gasteiger partial charge >= 0.3 is 0 Å². The number of aromatic nitrogens is 2. The molecule has 2 heterocycles. The molecule has 0 aliphatic carbocycles. The fourth-order valence-corrected chi connectivity index (χ4v) is 3.56. The molecule has 2 aromatic heterocycles. The third-order valence-electron chi connectivity index (χ3n) is 4.12. The summed E-state index contributed by atoms with van der Waals surface area (Å²) in [4.78, 5) is 14.8. The monoisotopic (exact) mass is 383 g/mol. The summed E-state index contributed by atoms with van der Waals surface area (Å²) in [5.74, 6) is 2.20. The largest absolute Gasteiger partial charge is 0.444 e. The molecule has 7 heteroatoms. The van der Waals surface area contributed by atoms with Crippen molar-refractivity contribution in [3.05, 3.63) is 58.2 Å². The van der Waals surface area contributed by atoms with E-state index in [0.29, 0.717) is 19.0 Å². The Labute approximate surface area is 163 Å². The maximum Gasteiger partial charge on any atom is 0.216 e. The maximum absolute atomic E-state index is 5.60. The van der Waals surface area contributed by atoms with Crippen LogP contribution in [0.1, 0.15) is 34.8 Å². The SMILES string of the molecule is CCNC(=NCc1nc(C)c(C)o1)NCc1sc(-c2ccccc2)nc1C. The number of hydrogen-bond donors (Lipinski definition) is 2. The van der Waals surface area contributed by atoms with E-state index in [0.717, 1.165) is 40.2 Å².